The molecule has 3 aromatic rings. The second-order valence-corrected chi connectivity index (χ2v) is 8.12. The number of hydrogen-bond acceptors (Lipinski definition) is 2. The van der Waals surface area contributed by atoms with Crippen LogP contribution in [0.25, 0.3) is 11.0 Å². The molecule has 0 unspecified atom stereocenters. The van der Waals surface area contributed by atoms with Gasteiger partial charge in [-0.05, 0) is 36.2 Å². The molecule has 2 heterocycles. The van der Waals surface area contributed by atoms with Crippen LogP contribution in [0.2, 0.25) is 10.0 Å². The Morgan fingerprint density at radius 2 is 1.88 bits per heavy atom. The van der Waals surface area contributed by atoms with Gasteiger partial charge in [-0.1, -0.05) is 51.3 Å². The van der Waals surface area contributed by atoms with Gasteiger partial charge in [0.2, 0.25) is 0 Å². The molecular formula is C18H16BrCl2N3O. The number of fused-ring (bicyclic) bond motifs is 1. The number of nitrogens with zero attached hydrogens (tertiary/aromatic N) is 2. The van der Waals surface area contributed by atoms with Gasteiger partial charge in [-0.25, -0.2) is 4.79 Å². The largest absolute Gasteiger partial charge is 0.326 e. The number of aromatic nitrogens is 2. The van der Waals surface area contributed by atoms with Crippen LogP contribution >= 0.6 is 39.1 Å². The molecule has 1 aliphatic rings. The Kier molecular flexibility index (Phi) is 4.67. The van der Waals surface area contributed by atoms with E-state index in [1.165, 1.54) is 5.56 Å². The normalized spacial score (nSPS) is 18.3. The Labute approximate surface area is 163 Å². The smallest absolute Gasteiger partial charge is 0.305 e. The van der Waals surface area contributed by atoms with Crippen molar-refractivity contribution >= 4 is 50.2 Å². The molecule has 1 N–H and O–H groups in total. The van der Waals surface area contributed by atoms with E-state index in [-0.39, 0.29) is 11.7 Å². The van der Waals surface area contributed by atoms with Gasteiger partial charge in [0, 0.05) is 24.1 Å². The van der Waals surface area contributed by atoms with Crippen LogP contribution in [0.5, 0.6) is 0 Å². The van der Waals surface area contributed by atoms with E-state index in [9.17, 15) is 4.79 Å². The van der Waals surface area contributed by atoms with Crippen LogP contribution in [-0.2, 0) is 6.54 Å². The quantitative estimate of drug-likeness (QED) is 0.632. The maximum absolute atomic E-state index is 12.4. The minimum atomic E-state index is -0.108. The third kappa shape index (κ3) is 3.38. The van der Waals surface area contributed by atoms with E-state index in [1.807, 2.05) is 4.57 Å². The van der Waals surface area contributed by atoms with Crippen LogP contribution in [0.4, 0.5) is 0 Å². The highest BCUT2D eigenvalue weighted by molar-refractivity contribution is 9.10. The first kappa shape index (κ1) is 17.2. The standard InChI is InChI=1S/C18H16BrCl2N3O/c19-12-3-1-11(2-4-12)9-23-6-5-13(10-23)24-17-8-15(21)14(20)7-16(17)22-18(24)25/h1-4,7-8,13H,5-6,9-10H2,(H,22,25)/t13-/m0/s1. The van der Waals surface area contributed by atoms with Gasteiger partial charge >= 0.3 is 5.69 Å². The SMILES string of the molecule is O=c1[nH]c2cc(Cl)c(Cl)cc2n1[C@H]1CCN(Cc2ccc(Br)cc2)C1. The van der Waals surface area contributed by atoms with Crippen LogP contribution < -0.4 is 5.69 Å². The van der Waals surface area contributed by atoms with E-state index in [0.717, 1.165) is 41.6 Å². The van der Waals surface area contributed by atoms with E-state index >= 15 is 0 Å². The van der Waals surface area contributed by atoms with Crippen LogP contribution in [0.3, 0.4) is 0 Å². The molecular weight excluding hydrogens is 425 g/mol. The highest BCUT2D eigenvalue weighted by Crippen LogP contribution is 2.30. The molecule has 0 saturated carbocycles. The van der Waals surface area contributed by atoms with Crippen LogP contribution in [0, 0.1) is 0 Å². The summed E-state index contributed by atoms with van der Waals surface area (Å²) in [5.74, 6) is 0. The molecule has 1 atom stereocenters. The van der Waals surface area contributed by atoms with E-state index in [1.54, 1.807) is 12.1 Å². The fourth-order valence-electron chi connectivity index (χ4n) is 3.50. The summed E-state index contributed by atoms with van der Waals surface area (Å²) >= 11 is 15.7. The van der Waals surface area contributed by atoms with E-state index in [2.05, 4.69) is 50.1 Å². The third-order valence-electron chi connectivity index (χ3n) is 4.69. The van der Waals surface area contributed by atoms with Crippen molar-refractivity contribution in [3.63, 3.8) is 0 Å². The zero-order valence-electron chi connectivity index (χ0n) is 13.3. The van der Waals surface area contributed by atoms with Gasteiger partial charge in [0.05, 0.1) is 27.1 Å². The summed E-state index contributed by atoms with van der Waals surface area (Å²) in [5, 5.41) is 0.914. The molecule has 130 valence electrons. The predicted molar refractivity (Wildman–Crippen MR) is 106 cm³/mol. The lowest BCUT2D eigenvalue weighted by molar-refractivity contribution is 0.316. The Balaban J connectivity index is 1.58. The van der Waals surface area contributed by atoms with Crippen molar-refractivity contribution in [2.24, 2.45) is 0 Å². The first-order chi connectivity index (χ1) is 12.0. The molecule has 25 heavy (non-hydrogen) atoms. The van der Waals surface area contributed by atoms with E-state index in [0.29, 0.717) is 10.0 Å². The van der Waals surface area contributed by atoms with Gasteiger partial charge in [0.1, 0.15) is 0 Å². The fourth-order valence-corrected chi connectivity index (χ4v) is 4.08. The molecule has 1 saturated heterocycles. The third-order valence-corrected chi connectivity index (χ3v) is 5.94. The summed E-state index contributed by atoms with van der Waals surface area (Å²) in [5.41, 5.74) is 2.70. The maximum Gasteiger partial charge on any atom is 0.326 e. The summed E-state index contributed by atoms with van der Waals surface area (Å²) in [4.78, 5) is 17.7. The molecule has 0 amide bonds. The molecule has 0 radical (unpaired) electrons. The van der Waals surface area contributed by atoms with Crippen LogP contribution in [0.15, 0.2) is 45.7 Å². The van der Waals surface area contributed by atoms with Crippen molar-refractivity contribution < 1.29 is 0 Å². The van der Waals surface area contributed by atoms with Gasteiger partial charge in [0.15, 0.2) is 0 Å². The topological polar surface area (TPSA) is 41.0 Å². The monoisotopic (exact) mass is 439 g/mol. The number of imidazole rings is 1. The van der Waals surface area contributed by atoms with Gasteiger partial charge in [0.25, 0.3) is 0 Å². The summed E-state index contributed by atoms with van der Waals surface area (Å²) < 4.78 is 2.90. The number of halogens is 3. The summed E-state index contributed by atoms with van der Waals surface area (Å²) in [6, 6.07) is 12.0. The van der Waals surface area contributed by atoms with Crippen molar-refractivity contribution in [1.29, 1.82) is 0 Å². The van der Waals surface area contributed by atoms with E-state index < -0.39 is 0 Å². The summed E-state index contributed by atoms with van der Waals surface area (Å²) in [7, 11) is 0. The number of hydrogen-bond donors (Lipinski definition) is 1. The molecule has 2 aromatic carbocycles. The van der Waals surface area contributed by atoms with Crippen molar-refractivity contribution in [2.45, 2.75) is 19.0 Å². The molecule has 1 fully saturated rings. The summed E-state index contributed by atoms with van der Waals surface area (Å²) in [6.07, 6.45) is 0.934. The average molecular weight is 441 g/mol. The summed E-state index contributed by atoms with van der Waals surface area (Å²) in [6.45, 7) is 2.68. The zero-order valence-corrected chi connectivity index (χ0v) is 16.4. The second-order valence-electron chi connectivity index (χ2n) is 6.39. The Morgan fingerprint density at radius 3 is 2.64 bits per heavy atom. The van der Waals surface area contributed by atoms with Gasteiger partial charge < -0.3 is 4.98 Å². The molecule has 4 rings (SSSR count). The van der Waals surface area contributed by atoms with Crippen molar-refractivity contribution in [1.82, 2.24) is 14.5 Å². The lowest BCUT2D eigenvalue weighted by atomic mass is 10.2. The zero-order chi connectivity index (χ0) is 17.6. The number of H-pyrrole nitrogens is 1. The van der Waals surface area contributed by atoms with Crippen molar-refractivity contribution in [3.8, 4) is 0 Å². The molecule has 0 bridgehead atoms. The first-order valence-electron chi connectivity index (χ1n) is 8.07. The Morgan fingerprint density at radius 1 is 1.16 bits per heavy atom. The molecule has 1 aliphatic heterocycles. The van der Waals surface area contributed by atoms with E-state index in [4.69, 9.17) is 23.2 Å². The van der Waals surface area contributed by atoms with Gasteiger partial charge in [-0.15, -0.1) is 0 Å². The van der Waals surface area contributed by atoms with Crippen molar-refractivity contribution in [2.75, 3.05) is 13.1 Å². The highest BCUT2D eigenvalue weighted by Gasteiger charge is 2.26. The predicted octanol–water partition coefficient (Wildman–Crippen LogP) is 4.85. The number of nitrogens with one attached hydrogen (secondary N) is 1. The molecule has 7 heteroatoms. The second kappa shape index (κ2) is 6.80. The minimum Gasteiger partial charge on any atom is -0.305 e. The average Bonchev–Trinajstić information content (AvgIpc) is 3.14. The molecule has 0 spiro atoms. The van der Waals surface area contributed by atoms with Crippen molar-refractivity contribution in [3.05, 3.63) is 67.0 Å². The van der Waals surface area contributed by atoms with Crippen LogP contribution in [-0.4, -0.2) is 27.5 Å². The number of aromatic amines is 1. The fraction of sp³-hybridized carbons (Fsp3) is 0.278. The lowest BCUT2D eigenvalue weighted by Gasteiger charge is -2.17. The molecule has 0 aliphatic carbocycles. The molecule has 4 nitrogen and oxygen atoms in total. The maximum atomic E-state index is 12.4. The van der Waals surface area contributed by atoms with Crippen LogP contribution in [0.1, 0.15) is 18.0 Å². The lowest BCUT2D eigenvalue weighted by Crippen LogP contribution is -2.26. The Bertz CT molecular complexity index is 980. The number of benzene rings is 2. The molecule has 1 aromatic heterocycles. The number of likely N-dealkylation sites (tertiary alicyclic amines) is 1. The minimum absolute atomic E-state index is 0.108. The Hall–Kier alpha value is -1.27. The highest BCUT2D eigenvalue weighted by atomic mass is 79.9. The van der Waals surface area contributed by atoms with Gasteiger partial charge in [-0.3, -0.25) is 9.47 Å². The first-order valence-corrected chi connectivity index (χ1v) is 9.62. The van der Waals surface area contributed by atoms with Gasteiger partial charge in [-0.2, -0.15) is 0 Å². The number of rotatable bonds is 3.